The molecule has 2 aromatic rings. The maximum Gasteiger partial charge on any atom is 0.254 e. The third-order valence-corrected chi connectivity index (χ3v) is 4.62. The second-order valence-corrected chi connectivity index (χ2v) is 6.45. The lowest BCUT2D eigenvalue weighted by Crippen LogP contribution is -2.52. The molecule has 1 aromatic carbocycles. The molecule has 2 fully saturated rings. The van der Waals surface area contributed by atoms with Gasteiger partial charge in [0.1, 0.15) is 5.82 Å². The summed E-state index contributed by atoms with van der Waals surface area (Å²) in [6, 6.07) is 7.84. The van der Waals surface area contributed by atoms with Crippen LogP contribution in [-0.2, 0) is 0 Å². The molecule has 0 unspecified atom stereocenters. The smallest absolute Gasteiger partial charge is 0.254 e. The van der Waals surface area contributed by atoms with Gasteiger partial charge in [0.15, 0.2) is 5.82 Å². The van der Waals surface area contributed by atoms with E-state index in [0.717, 1.165) is 36.6 Å². The summed E-state index contributed by atoms with van der Waals surface area (Å²) in [6.07, 6.45) is 2.40. The van der Waals surface area contributed by atoms with Crippen LogP contribution in [0.15, 0.2) is 24.3 Å². The number of piperazine rings is 1. The first-order valence-corrected chi connectivity index (χ1v) is 8.27. The second kappa shape index (κ2) is 6.91. The van der Waals surface area contributed by atoms with Crippen LogP contribution in [0.2, 0.25) is 0 Å². The summed E-state index contributed by atoms with van der Waals surface area (Å²) in [4.78, 5) is 19.1. The summed E-state index contributed by atoms with van der Waals surface area (Å²) in [5, 5.41) is 10.6. The van der Waals surface area contributed by atoms with Gasteiger partial charge in [-0.3, -0.25) is 9.89 Å². The van der Waals surface area contributed by atoms with E-state index >= 15 is 0 Å². The molecule has 1 aliphatic heterocycles. The van der Waals surface area contributed by atoms with Crippen molar-refractivity contribution >= 4 is 18.3 Å². The first kappa shape index (κ1) is 16.9. The fourth-order valence-corrected chi connectivity index (χ4v) is 3.01. The van der Waals surface area contributed by atoms with E-state index in [2.05, 4.69) is 27.4 Å². The Hall–Kier alpha value is -1.92. The minimum Gasteiger partial charge on any atom is -0.333 e. The van der Waals surface area contributed by atoms with E-state index in [0.29, 0.717) is 11.7 Å². The van der Waals surface area contributed by atoms with Crippen molar-refractivity contribution in [3.05, 3.63) is 35.7 Å². The van der Waals surface area contributed by atoms with Crippen LogP contribution in [0.25, 0.3) is 11.4 Å². The molecule has 1 atom stereocenters. The van der Waals surface area contributed by atoms with Gasteiger partial charge in [0, 0.05) is 42.7 Å². The molecule has 0 spiro atoms. The van der Waals surface area contributed by atoms with Crippen LogP contribution >= 0.6 is 12.4 Å². The molecule has 4 rings (SSSR count). The lowest BCUT2D eigenvalue weighted by atomic mass is 10.1. The van der Waals surface area contributed by atoms with Crippen LogP contribution in [0.4, 0.5) is 0 Å². The molecule has 1 aliphatic carbocycles. The molecule has 24 heavy (non-hydrogen) atoms. The van der Waals surface area contributed by atoms with Crippen LogP contribution < -0.4 is 5.32 Å². The molecular formula is C17H22ClN5O. The van der Waals surface area contributed by atoms with Gasteiger partial charge in [-0.1, -0.05) is 12.1 Å². The van der Waals surface area contributed by atoms with E-state index < -0.39 is 0 Å². The van der Waals surface area contributed by atoms with Crippen molar-refractivity contribution in [3.63, 3.8) is 0 Å². The third-order valence-electron chi connectivity index (χ3n) is 4.62. The number of carbonyl (C=O) groups excluding carboxylic acids is 1. The average Bonchev–Trinajstić information content (AvgIpc) is 3.32. The number of rotatable bonds is 3. The maximum absolute atomic E-state index is 12.6. The van der Waals surface area contributed by atoms with Crippen LogP contribution in [-0.4, -0.2) is 51.7 Å². The lowest BCUT2D eigenvalue weighted by Gasteiger charge is -2.34. The van der Waals surface area contributed by atoms with Crippen LogP contribution in [0, 0.1) is 0 Å². The zero-order chi connectivity index (χ0) is 15.8. The number of H-pyrrole nitrogens is 1. The summed E-state index contributed by atoms with van der Waals surface area (Å²) in [6.45, 7) is 4.54. The van der Waals surface area contributed by atoms with Gasteiger partial charge in [-0.2, -0.15) is 5.10 Å². The molecule has 1 aromatic heterocycles. The van der Waals surface area contributed by atoms with Gasteiger partial charge in [0.2, 0.25) is 0 Å². The van der Waals surface area contributed by atoms with Gasteiger partial charge in [0.25, 0.3) is 5.91 Å². The summed E-state index contributed by atoms with van der Waals surface area (Å²) in [5.41, 5.74) is 1.67. The Kier molecular flexibility index (Phi) is 4.87. The number of nitrogens with zero attached hydrogens (tertiary/aromatic N) is 3. The van der Waals surface area contributed by atoms with Crippen molar-refractivity contribution in [2.45, 2.75) is 31.7 Å². The highest BCUT2D eigenvalue weighted by atomic mass is 35.5. The number of hydrogen-bond donors (Lipinski definition) is 2. The minimum absolute atomic E-state index is 0. The first-order valence-electron chi connectivity index (χ1n) is 8.27. The number of benzene rings is 1. The molecule has 2 N–H and O–H groups in total. The Morgan fingerprint density at radius 3 is 2.67 bits per heavy atom. The highest BCUT2D eigenvalue weighted by molar-refractivity contribution is 5.95. The van der Waals surface area contributed by atoms with Crippen molar-refractivity contribution in [2.24, 2.45) is 0 Å². The Labute approximate surface area is 147 Å². The highest BCUT2D eigenvalue weighted by Crippen LogP contribution is 2.38. The van der Waals surface area contributed by atoms with Crippen LogP contribution in [0.3, 0.4) is 0 Å². The second-order valence-electron chi connectivity index (χ2n) is 6.45. The van der Waals surface area contributed by atoms with E-state index in [1.807, 2.05) is 29.2 Å². The fourth-order valence-electron chi connectivity index (χ4n) is 3.01. The topological polar surface area (TPSA) is 73.9 Å². The van der Waals surface area contributed by atoms with Gasteiger partial charge < -0.3 is 10.2 Å². The first-order chi connectivity index (χ1) is 11.2. The zero-order valence-corrected chi connectivity index (χ0v) is 14.5. The number of amides is 1. The van der Waals surface area contributed by atoms with E-state index in [1.54, 1.807) is 0 Å². The van der Waals surface area contributed by atoms with Crippen molar-refractivity contribution in [1.82, 2.24) is 25.4 Å². The van der Waals surface area contributed by atoms with Gasteiger partial charge in [0.05, 0.1) is 0 Å². The van der Waals surface area contributed by atoms with Crippen LogP contribution in [0.5, 0.6) is 0 Å². The SMILES string of the molecule is C[C@H]1CNCCN1C(=O)c1ccc(-c2n[nH]c(C3CC3)n2)cc1.Cl. The molecule has 7 heteroatoms. The van der Waals surface area contributed by atoms with Crippen LogP contribution in [0.1, 0.15) is 41.9 Å². The van der Waals surface area contributed by atoms with E-state index in [4.69, 9.17) is 0 Å². The minimum atomic E-state index is 0. The van der Waals surface area contributed by atoms with Crippen molar-refractivity contribution < 1.29 is 4.79 Å². The van der Waals surface area contributed by atoms with Gasteiger partial charge in [-0.15, -0.1) is 12.4 Å². The highest BCUT2D eigenvalue weighted by Gasteiger charge is 2.27. The Morgan fingerprint density at radius 2 is 2.00 bits per heavy atom. The van der Waals surface area contributed by atoms with Crippen molar-refractivity contribution in [2.75, 3.05) is 19.6 Å². The number of carbonyl (C=O) groups is 1. The predicted octanol–water partition coefficient (Wildman–Crippen LogP) is 2.20. The Morgan fingerprint density at radius 1 is 1.25 bits per heavy atom. The Bertz CT molecular complexity index is 710. The monoisotopic (exact) mass is 347 g/mol. The van der Waals surface area contributed by atoms with Crippen molar-refractivity contribution in [1.29, 1.82) is 0 Å². The molecule has 6 nitrogen and oxygen atoms in total. The fraction of sp³-hybridized carbons (Fsp3) is 0.471. The number of aromatic nitrogens is 3. The summed E-state index contributed by atoms with van der Waals surface area (Å²) >= 11 is 0. The molecule has 0 bridgehead atoms. The number of hydrogen-bond acceptors (Lipinski definition) is 4. The van der Waals surface area contributed by atoms with Gasteiger partial charge in [-0.25, -0.2) is 4.98 Å². The van der Waals surface area contributed by atoms with Crippen molar-refractivity contribution in [3.8, 4) is 11.4 Å². The van der Waals surface area contributed by atoms with E-state index in [1.165, 1.54) is 12.8 Å². The largest absolute Gasteiger partial charge is 0.333 e. The normalized spacial score (nSPS) is 20.5. The molecule has 2 heterocycles. The zero-order valence-electron chi connectivity index (χ0n) is 13.7. The number of nitrogens with one attached hydrogen (secondary N) is 2. The molecule has 1 amide bonds. The Balaban J connectivity index is 0.00000169. The summed E-state index contributed by atoms with van der Waals surface area (Å²) in [5.74, 6) is 2.35. The maximum atomic E-state index is 12.6. The van der Waals surface area contributed by atoms with Gasteiger partial charge >= 0.3 is 0 Å². The quantitative estimate of drug-likeness (QED) is 0.892. The number of halogens is 1. The molecular weight excluding hydrogens is 326 g/mol. The lowest BCUT2D eigenvalue weighted by molar-refractivity contribution is 0.0656. The summed E-state index contributed by atoms with van der Waals surface area (Å²) in [7, 11) is 0. The molecule has 128 valence electrons. The third kappa shape index (κ3) is 3.30. The predicted molar refractivity (Wildman–Crippen MR) is 94.4 cm³/mol. The molecule has 2 aliphatic rings. The molecule has 1 saturated carbocycles. The molecule has 1 saturated heterocycles. The standard InChI is InChI=1S/C17H21N5O.ClH/c1-11-10-18-8-9-22(11)17(23)14-6-4-13(5-7-14)16-19-15(20-21-16)12-2-3-12;/h4-7,11-12,18H,2-3,8-10H2,1H3,(H,19,20,21);1H/t11-;/m0./s1. The molecule has 0 radical (unpaired) electrons. The average molecular weight is 348 g/mol. The number of aromatic amines is 1. The van der Waals surface area contributed by atoms with E-state index in [-0.39, 0.29) is 24.4 Å². The van der Waals surface area contributed by atoms with E-state index in [9.17, 15) is 4.79 Å². The summed E-state index contributed by atoms with van der Waals surface area (Å²) < 4.78 is 0. The van der Waals surface area contributed by atoms with Gasteiger partial charge in [-0.05, 0) is 31.9 Å².